The number of carbonyl (C=O) groups is 1. The normalized spacial score (nSPS) is 26.4. The lowest BCUT2D eigenvalue weighted by atomic mass is 10.1. The zero-order chi connectivity index (χ0) is 18.1. The fraction of sp³-hybridized carbons (Fsp3) is 0.722. The number of fused-ring (bicyclic) bond motifs is 1. The Bertz CT molecular complexity index is 663. The minimum Gasteiger partial charge on any atom is -0.383 e. The predicted molar refractivity (Wildman–Crippen MR) is 99.4 cm³/mol. The van der Waals surface area contributed by atoms with Gasteiger partial charge in [-0.2, -0.15) is 0 Å². The van der Waals surface area contributed by atoms with E-state index in [0.29, 0.717) is 25.7 Å². The molecule has 2 fully saturated rings. The molecule has 26 heavy (non-hydrogen) atoms. The number of methoxy groups -OCH3 is 1. The largest absolute Gasteiger partial charge is 0.383 e. The highest BCUT2D eigenvalue weighted by Crippen LogP contribution is 2.34. The second kappa shape index (κ2) is 7.36. The number of hydrogen-bond donors (Lipinski definition) is 1. The summed E-state index contributed by atoms with van der Waals surface area (Å²) < 4.78 is 5.42. The number of anilines is 2. The number of carbonyl (C=O) groups excluding carboxylic acids is 1. The summed E-state index contributed by atoms with van der Waals surface area (Å²) in [4.78, 5) is 28.4. The zero-order valence-corrected chi connectivity index (χ0v) is 15.6. The van der Waals surface area contributed by atoms with Gasteiger partial charge in [0, 0.05) is 33.3 Å². The molecule has 142 valence electrons. The van der Waals surface area contributed by atoms with Gasteiger partial charge in [0.05, 0.1) is 31.3 Å². The standard InChI is InChI=1S/C18H28N6O2/c1-22-10-16(25)24(13-5-6-19-8-13)9-15-17(22)20-12-21-18(15)23-7-3-4-14(23)11-26-2/h12-14,19H,3-11H2,1-2H3/t13?,14-/m0/s1. The number of amides is 1. The van der Waals surface area contributed by atoms with Gasteiger partial charge in [-0.15, -0.1) is 0 Å². The van der Waals surface area contributed by atoms with Crippen LogP contribution < -0.4 is 15.1 Å². The maximum atomic E-state index is 12.9. The summed E-state index contributed by atoms with van der Waals surface area (Å²) in [5, 5.41) is 3.37. The molecule has 0 bridgehead atoms. The minimum absolute atomic E-state index is 0.167. The Kier molecular flexibility index (Phi) is 4.95. The van der Waals surface area contributed by atoms with Gasteiger partial charge in [-0.05, 0) is 25.8 Å². The van der Waals surface area contributed by atoms with E-state index in [1.165, 1.54) is 0 Å². The lowest BCUT2D eigenvalue weighted by Crippen LogP contribution is -2.43. The minimum atomic E-state index is 0.167. The van der Waals surface area contributed by atoms with Crippen molar-refractivity contribution in [2.45, 2.75) is 37.9 Å². The molecular weight excluding hydrogens is 332 g/mol. The Morgan fingerprint density at radius 2 is 2.08 bits per heavy atom. The van der Waals surface area contributed by atoms with E-state index in [2.05, 4.69) is 20.2 Å². The van der Waals surface area contributed by atoms with Crippen LogP contribution in [-0.2, 0) is 16.1 Å². The second-order valence-electron chi connectivity index (χ2n) is 7.47. The van der Waals surface area contributed by atoms with Crippen LogP contribution in [0.4, 0.5) is 11.6 Å². The third kappa shape index (κ3) is 3.12. The van der Waals surface area contributed by atoms with Crippen molar-refractivity contribution in [1.29, 1.82) is 0 Å². The lowest BCUT2D eigenvalue weighted by Gasteiger charge is -2.30. The maximum Gasteiger partial charge on any atom is 0.242 e. The van der Waals surface area contributed by atoms with E-state index in [4.69, 9.17) is 4.74 Å². The summed E-state index contributed by atoms with van der Waals surface area (Å²) >= 11 is 0. The van der Waals surface area contributed by atoms with Gasteiger partial charge in [-0.1, -0.05) is 0 Å². The van der Waals surface area contributed by atoms with Crippen LogP contribution in [0.15, 0.2) is 6.33 Å². The van der Waals surface area contributed by atoms with Crippen LogP contribution >= 0.6 is 0 Å². The molecule has 1 amide bonds. The lowest BCUT2D eigenvalue weighted by molar-refractivity contribution is -0.132. The second-order valence-corrected chi connectivity index (χ2v) is 7.47. The highest BCUT2D eigenvalue weighted by Gasteiger charge is 2.35. The van der Waals surface area contributed by atoms with Crippen molar-refractivity contribution < 1.29 is 9.53 Å². The van der Waals surface area contributed by atoms with Crippen LogP contribution in [0.2, 0.25) is 0 Å². The fourth-order valence-electron chi connectivity index (χ4n) is 4.46. The fourth-order valence-corrected chi connectivity index (χ4v) is 4.46. The van der Waals surface area contributed by atoms with E-state index in [0.717, 1.165) is 56.1 Å². The van der Waals surface area contributed by atoms with E-state index < -0.39 is 0 Å². The summed E-state index contributed by atoms with van der Waals surface area (Å²) in [5.41, 5.74) is 1.07. The number of hydrogen-bond acceptors (Lipinski definition) is 7. The first-order valence-electron chi connectivity index (χ1n) is 9.49. The summed E-state index contributed by atoms with van der Waals surface area (Å²) in [6.45, 7) is 4.45. The van der Waals surface area contributed by atoms with E-state index in [1.807, 2.05) is 16.8 Å². The van der Waals surface area contributed by atoms with Crippen LogP contribution in [0.1, 0.15) is 24.8 Å². The molecule has 1 aromatic heterocycles. The van der Waals surface area contributed by atoms with Crippen molar-refractivity contribution in [3.05, 3.63) is 11.9 Å². The SMILES string of the molecule is COC[C@@H]1CCCN1c1ncnc2c1CN(C1CCNC1)C(=O)CN2C. The third-order valence-electron chi connectivity index (χ3n) is 5.77. The molecule has 8 heteroatoms. The van der Waals surface area contributed by atoms with Crippen LogP contribution in [-0.4, -0.2) is 79.8 Å². The first-order chi connectivity index (χ1) is 12.7. The monoisotopic (exact) mass is 360 g/mol. The number of nitrogens with zero attached hydrogens (tertiary/aromatic N) is 5. The van der Waals surface area contributed by atoms with Gasteiger partial charge in [0.15, 0.2) is 0 Å². The summed E-state index contributed by atoms with van der Waals surface area (Å²) in [6, 6.07) is 0.591. The Balaban J connectivity index is 1.71. The zero-order valence-electron chi connectivity index (χ0n) is 15.6. The van der Waals surface area contributed by atoms with Crippen molar-refractivity contribution >= 4 is 17.5 Å². The average molecular weight is 360 g/mol. The summed E-state index contributed by atoms with van der Waals surface area (Å²) in [7, 11) is 3.69. The summed E-state index contributed by atoms with van der Waals surface area (Å²) in [5.74, 6) is 2.01. The van der Waals surface area contributed by atoms with E-state index in [9.17, 15) is 4.79 Å². The molecule has 0 spiro atoms. The highest BCUT2D eigenvalue weighted by molar-refractivity contribution is 5.84. The predicted octanol–water partition coefficient (Wildman–Crippen LogP) is 0.232. The Hall–Kier alpha value is -1.93. The summed E-state index contributed by atoms with van der Waals surface area (Å²) in [6.07, 6.45) is 4.88. The first-order valence-corrected chi connectivity index (χ1v) is 9.49. The number of ether oxygens (including phenoxy) is 1. The van der Waals surface area contributed by atoms with Gasteiger partial charge in [0.1, 0.15) is 18.0 Å². The number of likely N-dealkylation sites (N-methyl/N-ethyl adjacent to an activating group) is 1. The van der Waals surface area contributed by atoms with Gasteiger partial charge >= 0.3 is 0 Å². The molecule has 0 aromatic carbocycles. The molecule has 8 nitrogen and oxygen atoms in total. The average Bonchev–Trinajstić information content (AvgIpc) is 3.29. The molecule has 1 unspecified atom stereocenters. The number of nitrogens with one attached hydrogen (secondary N) is 1. The van der Waals surface area contributed by atoms with Crippen molar-refractivity contribution in [3.63, 3.8) is 0 Å². The van der Waals surface area contributed by atoms with Crippen molar-refractivity contribution in [1.82, 2.24) is 20.2 Å². The van der Waals surface area contributed by atoms with Gasteiger partial charge in [0.2, 0.25) is 5.91 Å². The Morgan fingerprint density at radius 1 is 1.23 bits per heavy atom. The van der Waals surface area contributed by atoms with Crippen molar-refractivity contribution in [3.8, 4) is 0 Å². The van der Waals surface area contributed by atoms with Crippen LogP contribution in [0.25, 0.3) is 0 Å². The number of rotatable bonds is 4. The Morgan fingerprint density at radius 3 is 2.85 bits per heavy atom. The topological polar surface area (TPSA) is 73.8 Å². The van der Waals surface area contributed by atoms with Gasteiger partial charge < -0.3 is 24.8 Å². The van der Waals surface area contributed by atoms with Crippen molar-refractivity contribution in [2.75, 3.05) is 56.7 Å². The smallest absolute Gasteiger partial charge is 0.242 e. The molecule has 0 saturated carbocycles. The molecule has 3 aliphatic rings. The van der Waals surface area contributed by atoms with Crippen molar-refractivity contribution in [2.24, 2.45) is 0 Å². The molecule has 4 heterocycles. The van der Waals surface area contributed by atoms with Crippen LogP contribution in [0.5, 0.6) is 0 Å². The van der Waals surface area contributed by atoms with Gasteiger partial charge in [-0.25, -0.2) is 9.97 Å². The van der Waals surface area contributed by atoms with Crippen LogP contribution in [0.3, 0.4) is 0 Å². The molecule has 4 rings (SSSR count). The first kappa shape index (κ1) is 17.5. The van der Waals surface area contributed by atoms with E-state index >= 15 is 0 Å². The molecule has 0 radical (unpaired) electrons. The van der Waals surface area contributed by atoms with Gasteiger partial charge in [-0.3, -0.25) is 4.79 Å². The third-order valence-corrected chi connectivity index (χ3v) is 5.77. The molecule has 1 N–H and O–H groups in total. The molecular formula is C18H28N6O2. The maximum absolute atomic E-state index is 12.9. The van der Waals surface area contributed by atoms with Gasteiger partial charge in [0.25, 0.3) is 0 Å². The quantitative estimate of drug-likeness (QED) is 0.824. The molecule has 0 aliphatic carbocycles. The molecule has 2 atom stereocenters. The number of aromatic nitrogens is 2. The van der Waals surface area contributed by atoms with Crippen LogP contribution in [0, 0.1) is 0 Å². The van der Waals surface area contributed by atoms with E-state index in [1.54, 1.807) is 13.4 Å². The highest BCUT2D eigenvalue weighted by atomic mass is 16.5. The Labute approximate surface area is 154 Å². The van der Waals surface area contributed by atoms with E-state index in [-0.39, 0.29) is 11.9 Å². The molecule has 2 saturated heterocycles. The molecule has 3 aliphatic heterocycles. The molecule has 1 aromatic rings.